The maximum atomic E-state index is 4.42. The van der Waals surface area contributed by atoms with Gasteiger partial charge in [0.2, 0.25) is 5.95 Å². The van der Waals surface area contributed by atoms with E-state index in [0.717, 1.165) is 36.6 Å². The first-order valence-electron chi connectivity index (χ1n) is 6.59. The lowest BCUT2D eigenvalue weighted by molar-refractivity contribution is 0.746. The van der Waals surface area contributed by atoms with E-state index in [1.165, 1.54) is 0 Å². The number of aryl methyl sites for hydroxylation is 2. The molecule has 0 aliphatic heterocycles. The zero-order chi connectivity index (χ0) is 13.7. The highest BCUT2D eigenvalue weighted by atomic mass is 15.3. The summed E-state index contributed by atoms with van der Waals surface area (Å²) in [5.41, 5.74) is 2.02. The van der Waals surface area contributed by atoms with Crippen LogP contribution in [0.4, 0.5) is 17.5 Å². The fourth-order valence-electron chi connectivity index (χ4n) is 1.79. The van der Waals surface area contributed by atoms with Crippen LogP contribution in [-0.4, -0.2) is 26.3 Å². The Bertz CT molecular complexity index is 534. The van der Waals surface area contributed by atoms with Crippen LogP contribution in [0.3, 0.4) is 0 Å². The van der Waals surface area contributed by atoms with Crippen LogP contribution in [0.5, 0.6) is 0 Å². The third-order valence-corrected chi connectivity index (χ3v) is 2.69. The number of hydrogen-bond donors (Lipinski definition) is 2. The zero-order valence-corrected chi connectivity index (χ0v) is 11.6. The zero-order valence-electron chi connectivity index (χ0n) is 11.6. The summed E-state index contributed by atoms with van der Waals surface area (Å²) < 4.78 is 1.80. The molecular weight excluding hydrogens is 240 g/mol. The quantitative estimate of drug-likeness (QED) is 0.834. The lowest BCUT2D eigenvalue weighted by atomic mass is 10.3. The predicted octanol–water partition coefficient (Wildman–Crippen LogP) is 2.34. The van der Waals surface area contributed by atoms with E-state index in [1.807, 2.05) is 19.3 Å². The van der Waals surface area contributed by atoms with E-state index < -0.39 is 0 Å². The molecule has 0 atom stereocenters. The molecule has 102 valence electrons. The van der Waals surface area contributed by atoms with Gasteiger partial charge in [-0.25, -0.2) is 4.98 Å². The molecule has 2 N–H and O–H groups in total. The molecule has 0 bridgehead atoms. The summed E-state index contributed by atoms with van der Waals surface area (Å²) in [4.78, 5) is 8.60. The Morgan fingerprint density at radius 1 is 1.32 bits per heavy atom. The maximum Gasteiger partial charge on any atom is 0.224 e. The summed E-state index contributed by atoms with van der Waals surface area (Å²) in [6.07, 6.45) is 5.63. The van der Waals surface area contributed by atoms with Crippen LogP contribution in [-0.2, 0) is 13.5 Å². The minimum absolute atomic E-state index is 0.647. The molecule has 0 unspecified atom stereocenters. The first-order chi connectivity index (χ1) is 9.22. The molecule has 0 aliphatic carbocycles. The number of hydrogen-bond acceptors (Lipinski definition) is 5. The molecule has 2 heterocycles. The van der Waals surface area contributed by atoms with Gasteiger partial charge >= 0.3 is 0 Å². The van der Waals surface area contributed by atoms with Crippen molar-refractivity contribution in [3.05, 3.63) is 24.2 Å². The fourth-order valence-corrected chi connectivity index (χ4v) is 1.79. The van der Waals surface area contributed by atoms with Gasteiger partial charge in [0, 0.05) is 26.0 Å². The van der Waals surface area contributed by atoms with E-state index in [2.05, 4.69) is 39.5 Å². The van der Waals surface area contributed by atoms with Gasteiger partial charge in [-0.1, -0.05) is 13.8 Å². The van der Waals surface area contributed by atoms with Crippen molar-refractivity contribution >= 4 is 17.5 Å². The number of rotatable bonds is 6. The van der Waals surface area contributed by atoms with Gasteiger partial charge < -0.3 is 10.6 Å². The van der Waals surface area contributed by atoms with Crippen molar-refractivity contribution < 1.29 is 0 Å². The summed E-state index contributed by atoms with van der Waals surface area (Å²) >= 11 is 0. The Morgan fingerprint density at radius 2 is 2.16 bits per heavy atom. The van der Waals surface area contributed by atoms with Crippen molar-refractivity contribution in [2.24, 2.45) is 7.05 Å². The number of nitrogens with zero attached hydrogens (tertiary/aromatic N) is 4. The maximum absolute atomic E-state index is 4.42. The van der Waals surface area contributed by atoms with E-state index in [-0.39, 0.29) is 0 Å². The van der Waals surface area contributed by atoms with Crippen molar-refractivity contribution in [1.29, 1.82) is 0 Å². The number of aromatic nitrogens is 4. The monoisotopic (exact) mass is 260 g/mol. The van der Waals surface area contributed by atoms with Gasteiger partial charge in [-0.2, -0.15) is 10.1 Å². The van der Waals surface area contributed by atoms with E-state index in [4.69, 9.17) is 0 Å². The van der Waals surface area contributed by atoms with Crippen molar-refractivity contribution in [3.8, 4) is 0 Å². The van der Waals surface area contributed by atoms with E-state index >= 15 is 0 Å². The normalized spacial score (nSPS) is 10.5. The standard InChI is InChI=1S/C13H20N6/c1-4-7-14-13-15-8-6-12(17-13)16-11-9-19(3)18-10(11)5-2/h6,8-9H,4-5,7H2,1-3H3,(H2,14,15,16,17). The average Bonchev–Trinajstić information content (AvgIpc) is 2.77. The highest BCUT2D eigenvalue weighted by molar-refractivity contribution is 5.58. The molecule has 2 rings (SSSR count). The minimum Gasteiger partial charge on any atom is -0.354 e. The van der Waals surface area contributed by atoms with E-state index in [1.54, 1.807) is 10.9 Å². The molecule has 6 nitrogen and oxygen atoms in total. The van der Waals surface area contributed by atoms with Crippen LogP contribution < -0.4 is 10.6 Å². The molecule has 0 amide bonds. The molecular formula is C13H20N6. The molecule has 0 saturated carbocycles. The molecule has 6 heteroatoms. The van der Waals surface area contributed by atoms with Crippen LogP contribution in [0.25, 0.3) is 0 Å². The lowest BCUT2D eigenvalue weighted by Crippen LogP contribution is -2.05. The van der Waals surface area contributed by atoms with Crippen molar-refractivity contribution in [2.75, 3.05) is 17.2 Å². The molecule has 0 fully saturated rings. The Labute approximate surface area is 113 Å². The smallest absolute Gasteiger partial charge is 0.224 e. The summed E-state index contributed by atoms with van der Waals surface area (Å²) in [5.74, 6) is 1.42. The summed E-state index contributed by atoms with van der Waals surface area (Å²) in [6, 6.07) is 1.85. The van der Waals surface area contributed by atoms with Crippen LogP contribution >= 0.6 is 0 Å². The SMILES string of the molecule is CCCNc1nccc(Nc2cn(C)nc2CC)n1. The molecule has 19 heavy (non-hydrogen) atoms. The fraction of sp³-hybridized carbons (Fsp3) is 0.462. The van der Waals surface area contributed by atoms with Crippen molar-refractivity contribution in [1.82, 2.24) is 19.7 Å². The largest absolute Gasteiger partial charge is 0.354 e. The number of anilines is 3. The van der Waals surface area contributed by atoms with Gasteiger partial charge in [0.15, 0.2) is 0 Å². The third-order valence-electron chi connectivity index (χ3n) is 2.69. The van der Waals surface area contributed by atoms with Gasteiger partial charge in [0.25, 0.3) is 0 Å². The molecule has 2 aromatic heterocycles. The predicted molar refractivity (Wildman–Crippen MR) is 76.7 cm³/mol. The van der Waals surface area contributed by atoms with Crippen LogP contribution in [0.2, 0.25) is 0 Å². The molecule has 0 saturated heterocycles. The summed E-state index contributed by atoms with van der Waals surface area (Å²) in [6.45, 7) is 5.07. The average molecular weight is 260 g/mol. The van der Waals surface area contributed by atoms with Crippen molar-refractivity contribution in [2.45, 2.75) is 26.7 Å². The first kappa shape index (κ1) is 13.3. The second-order valence-electron chi connectivity index (χ2n) is 4.33. The van der Waals surface area contributed by atoms with Crippen LogP contribution in [0.1, 0.15) is 26.0 Å². The molecule has 0 radical (unpaired) electrons. The van der Waals surface area contributed by atoms with Gasteiger partial charge in [-0.05, 0) is 18.9 Å². The lowest BCUT2D eigenvalue weighted by Gasteiger charge is -2.07. The second-order valence-corrected chi connectivity index (χ2v) is 4.33. The molecule has 0 aromatic carbocycles. The van der Waals surface area contributed by atoms with E-state index in [9.17, 15) is 0 Å². The van der Waals surface area contributed by atoms with Gasteiger partial charge in [-0.3, -0.25) is 4.68 Å². The Hall–Kier alpha value is -2.11. The number of nitrogens with one attached hydrogen (secondary N) is 2. The van der Waals surface area contributed by atoms with Gasteiger partial charge in [-0.15, -0.1) is 0 Å². The summed E-state index contributed by atoms with van der Waals surface area (Å²) in [7, 11) is 1.92. The molecule has 0 aliphatic rings. The second kappa shape index (κ2) is 6.17. The van der Waals surface area contributed by atoms with Crippen LogP contribution in [0, 0.1) is 0 Å². The topological polar surface area (TPSA) is 67.7 Å². The van der Waals surface area contributed by atoms with Gasteiger partial charge in [0.05, 0.1) is 11.4 Å². The Morgan fingerprint density at radius 3 is 2.89 bits per heavy atom. The molecule has 0 spiro atoms. The summed E-state index contributed by atoms with van der Waals surface area (Å²) in [5, 5.41) is 10.9. The highest BCUT2D eigenvalue weighted by Crippen LogP contribution is 2.19. The first-order valence-corrected chi connectivity index (χ1v) is 6.59. The molecule has 2 aromatic rings. The third kappa shape index (κ3) is 3.43. The van der Waals surface area contributed by atoms with Crippen molar-refractivity contribution in [3.63, 3.8) is 0 Å². The highest BCUT2D eigenvalue weighted by Gasteiger charge is 2.07. The van der Waals surface area contributed by atoms with Gasteiger partial charge in [0.1, 0.15) is 5.82 Å². The minimum atomic E-state index is 0.647. The van der Waals surface area contributed by atoms with E-state index in [0.29, 0.717) is 5.95 Å². The van der Waals surface area contributed by atoms with Crippen LogP contribution in [0.15, 0.2) is 18.5 Å². The Balaban J connectivity index is 2.13. The Kier molecular flexibility index (Phi) is 4.33.